The number of nitrogens with zero attached hydrogens (tertiary/aromatic N) is 2. The lowest BCUT2D eigenvalue weighted by molar-refractivity contribution is -0.383. The Hall–Kier alpha value is -3.52. The minimum atomic E-state index is -0.516. The number of benzene rings is 2. The van der Waals surface area contributed by atoms with E-state index in [0.717, 1.165) is 5.56 Å². The fourth-order valence-corrected chi connectivity index (χ4v) is 2.81. The maximum Gasteiger partial charge on any atom is 0.326 e. The van der Waals surface area contributed by atoms with E-state index in [1.54, 1.807) is 19.2 Å². The van der Waals surface area contributed by atoms with E-state index in [1.165, 1.54) is 18.3 Å². The summed E-state index contributed by atoms with van der Waals surface area (Å²) < 4.78 is 10.7. The molecule has 2 aromatic carbocycles. The molecule has 0 saturated heterocycles. The summed E-state index contributed by atoms with van der Waals surface area (Å²) >= 11 is 0. The number of fused-ring (bicyclic) bond motifs is 1. The summed E-state index contributed by atoms with van der Waals surface area (Å²) in [5, 5.41) is 14.4. The van der Waals surface area contributed by atoms with E-state index in [4.69, 9.17) is 9.47 Å². The Morgan fingerprint density at radius 2 is 1.96 bits per heavy atom. The van der Waals surface area contributed by atoms with Crippen LogP contribution in [0, 0.1) is 10.1 Å². The lowest BCUT2D eigenvalue weighted by Gasteiger charge is -2.16. The van der Waals surface area contributed by atoms with Gasteiger partial charge in [-0.15, -0.1) is 0 Å². The molecule has 0 fully saturated rings. The standard InChI is InChI=1S/C20H19N3O5/c1-21-16(12-14-6-3-2-4-7-14)20(24)28-13-27-18-10-9-17(23(25)26)15-8-5-11-22-19(15)18/h2-11,16,21H,12-13H2,1H3/t16-/m0/s1. The van der Waals surface area contributed by atoms with E-state index in [2.05, 4.69) is 10.3 Å². The Kier molecular flexibility index (Phi) is 6.13. The van der Waals surface area contributed by atoms with Gasteiger partial charge in [0.25, 0.3) is 5.69 Å². The van der Waals surface area contributed by atoms with E-state index in [-0.39, 0.29) is 12.5 Å². The molecule has 1 N–H and O–H groups in total. The minimum absolute atomic E-state index is 0.0643. The second-order valence-electron chi connectivity index (χ2n) is 6.00. The maximum absolute atomic E-state index is 12.3. The van der Waals surface area contributed by atoms with Crippen LogP contribution in [-0.2, 0) is 16.0 Å². The van der Waals surface area contributed by atoms with Crippen LogP contribution in [-0.4, -0.2) is 35.8 Å². The van der Waals surface area contributed by atoms with Gasteiger partial charge in [0.05, 0.1) is 10.3 Å². The number of carbonyl (C=O) groups is 1. The third-order valence-corrected chi connectivity index (χ3v) is 4.24. The van der Waals surface area contributed by atoms with Crippen molar-refractivity contribution in [3.05, 3.63) is 76.5 Å². The zero-order chi connectivity index (χ0) is 19.9. The highest BCUT2D eigenvalue weighted by molar-refractivity contribution is 5.92. The summed E-state index contributed by atoms with van der Waals surface area (Å²) in [5.41, 5.74) is 1.28. The van der Waals surface area contributed by atoms with Crippen LogP contribution in [0.4, 0.5) is 5.69 Å². The molecule has 1 aromatic heterocycles. The maximum atomic E-state index is 12.3. The molecule has 0 spiro atoms. The molecule has 3 rings (SSSR count). The zero-order valence-electron chi connectivity index (χ0n) is 15.2. The van der Waals surface area contributed by atoms with Gasteiger partial charge in [-0.1, -0.05) is 30.3 Å². The van der Waals surface area contributed by atoms with Crippen LogP contribution < -0.4 is 10.1 Å². The molecule has 28 heavy (non-hydrogen) atoms. The van der Waals surface area contributed by atoms with Crippen LogP contribution in [0.25, 0.3) is 10.9 Å². The highest BCUT2D eigenvalue weighted by Gasteiger charge is 2.20. The summed E-state index contributed by atoms with van der Waals surface area (Å²) in [5.74, 6) is -0.149. The lowest BCUT2D eigenvalue weighted by atomic mass is 10.1. The predicted molar refractivity (Wildman–Crippen MR) is 103 cm³/mol. The number of likely N-dealkylation sites (N-methyl/N-ethyl adjacent to an activating group) is 1. The van der Waals surface area contributed by atoms with Crippen molar-refractivity contribution in [3.8, 4) is 5.75 Å². The number of nitrogens with one attached hydrogen (secondary N) is 1. The fraction of sp³-hybridized carbons (Fsp3) is 0.200. The summed E-state index contributed by atoms with van der Waals surface area (Å²) in [7, 11) is 1.68. The molecule has 0 amide bonds. The van der Waals surface area contributed by atoms with Crippen LogP contribution in [0.2, 0.25) is 0 Å². The molecular weight excluding hydrogens is 362 g/mol. The van der Waals surface area contributed by atoms with Gasteiger partial charge in [0, 0.05) is 12.3 Å². The van der Waals surface area contributed by atoms with E-state index in [1.807, 2.05) is 30.3 Å². The number of esters is 1. The first-order valence-electron chi connectivity index (χ1n) is 8.63. The zero-order valence-corrected chi connectivity index (χ0v) is 15.2. The van der Waals surface area contributed by atoms with Crippen LogP contribution in [0.5, 0.6) is 5.75 Å². The van der Waals surface area contributed by atoms with Gasteiger partial charge in [-0.25, -0.2) is 0 Å². The Balaban J connectivity index is 1.65. The number of non-ortho nitro benzene ring substituents is 1. The second kappa shape index (κ2) is 8.92. The lowest BCUT2D eigenvalue weighted by Crippen LogP contribution is -2.38. The smallest absolute Gasteiger partial charge is 0.326 e. The molecule has 0 radical (unpaired) electrons. The van der Waals surface area contributed by atoms with Crippen molar-refractivity contribution in [2.75, 3.05) is 13.8 Å². The molecule has 8 heteroatoms. The Morgan fingerprint density at radius 3 is 2.68 bits per heavy atom. The number of hydrogen-bond acceptors (Lipinski definition) is 7. The second-order valence-corrected chi connectivity index (χ2v) is 6.00. The summed E-state index contributed by atoms with van der Waals surface area (Å²) in [4.78, 5) is 27.1. The van der Waals surface area contributed by atoms with Gasteiger partial charge in [0.15, 0.2) is 0 Å². The molecule has 1 atom stereocenters. The first kappa shape index (κ1) is 19.2. The summed E-state index contributed by atoms with van der Waals surface area (Å²) in [6.45, 7) is -0.324. The number of aromatic nitrogens is 1. The Morgan fingerprint density at radius 1 is 1.18 bits per heavy atom. The Bertz CT molecular complexity index is 978. The molecule has 0 aliphatic heterocycles. The van der Waals surface area contributed by atoms with E-state index >= 15 is 0 Å². The van der Waals surface area contributed by atoms with Gasteiger partial charge in [-0.2, -0.15) is 0 Å². The van der Waals surface area contributed by atoms with Crippen molar-refractivity contribution in [1.29, 1.82) is 0 Å². The predicted octanol–water partition coefficient (Wildman–Crippen LogP) is 2.85. The fourth-order valence-electron chi connectivity index (χ4n) is 2.81. The molecule has 0 saturated carbocycles. The van der Waals surface area contributed by atoms with Gasteiger partial charge in [-0.3, -0.25) is 19.9 Å². The minimum Gasteiger partial charge on any atom is -0.455 e. The molecular formula is C20H19N3O5. The quantitative estimate of drug-likeness (QED) is 0.277. The highest BCUT2D eigenvalue weighted by Crippen LogP contribution is 2.31. The van der Waals surface area contributed by atoms with Crippen molar-refractivity contribution < 1.29 is 19.2 Å². The topological polar surface area (TPSA) is 104 Å². The molecule has 0 aliphatic carbocycles. The largest absolute Gasteiger partial charge is 0.455 e. The molecule has 8 nitrogen and oxygen atoms in total. The number of hydrogen-bond donors (Lipinski definition) is 1. The highest BCUT2D eigenvalue weighted by atomic mass is 16.7. The number of pyridine rings is 1. The van der Waals surface area contributed by atoms with E-state index in [0.29, 0.717) is 23.1 Å². The van der Waals surface area contributed by atoms with Gasteiger partial charge in [0.2, 0.25) is 6.79 Å². The number of carbonyl (C=O) groups excluding carboxylic acids is 1. The van der Waals surface area contributed by atoms with Crippen LogP contribution in [0.1, 0.15) is 5.56 Å². The van der Waals surface area contributed by atoms with Crippen molar-refractivity contribution in [2.24, 2.45) is 0 Å². The van der Waals surface area contributed by atoms with Crippen LogP contribution in [0.3, 0.4) is 0 Å². The molecule has 0 unspecified atom stereocenters. The van der Waals surface area contributed by atoms with Crippen LogP contribution in [0.15, 0.2) is 60.8 Å². The SMILES string of the molecule is CN[C@@H](Cc1ccccc1)C(=O)OCOc1ccc([N+](=O)[O-])c2cccnc12. The van der Waals surface area contributed by atoms with Gasteiger partial charge in [0.1, 0.15) is 17.3 Å². The van der Waals surface area contributed by atoms with Crippen LogP contribution >= 0.6 is 0 Å². The van der Waals surface area contributed by atoms with Gasteiger partial charge in [-0.05, 0) is 37.2 Å². The average molecular weight is 381 g/mol. The van der Waals surface area contributed by atoms with E-state index < -0.39 is 16.9 Å². The van der Waals surface area contributed by atoms with Crippen molar-refractivity contribution in [1.82, 2.24) is 10.3 Å². The first-order valence-corrected chi connectivity index (χ1v) is 8.63. The molecule has 3 aromatic rings. The average Bonchev–Trinajstić information content (AvgIpc) is 2.72. The normalized spacial score (nSPS) is 11.8. The number of nitro benzene ring substituents is 1. The van der Waals surface area contributed by atoms with Crippen molar-refractivity contribution in [3.63, 3.8) is 0 Å². The summed E-state index contributed by atoms with van der Waals surface area (Å²) in [6, 6.07) is 15.1. The van der Waals surface area contributed by atoms with Gasteiger partial charge < -0.3 is 14.8 Å². The number of rotatable bonds is 8. The number of nitro groups is 1. The first-order chi connectivity index (χ1) is 13.6. The Labute approximate surface area is 161 Å². The molecule has 0 aliphatic rings. The third kappa shape index (κ3) is 4.41. The monoisotopic (exact) mass is 381 g/mol. The molecule has 1 heterocycles. The van der Waals surface area contributed by atoms with Crippen molar-refractivity contribution >= 4 is 22.6 Å². The summed E-state index contributed by atoms with van der Waals surface area (Å²) in [6.07, 6.45) is 2.00. The van der Waals surface area contributed by atoms with Gasteiger partial charge >= 0.3 is 5.97 Å². The van der Waals surface area contributed by atoms with E-state index in [9.17, 15) is 14.9 Å². The molecule has 144 valence electrons. The number of ether oxygens (including phenoxy) is 2. The third-order valence-electron chi connectivity index (χ3n) is 4.24. The van der Waals surface area contributed by atoms with Crippen molar-refractivity contribution in [2.45, 2.75) is 12.5 Å². The molecule has 0 bridgehead atoms.